The SMILES string of the molecule is Cl.NCCSSc1ccccn1.c1ccc(SSc2ccccn2)nc1. The molecule has 3 heterocycles. The number of hydrogen-bond acceptors (Lipinski definition) is 8. The third-order valence-electron chi connectivity index (χ3n) is 2.47. The Morgan fingerprint density at radius 1 is 0.654 bits per heavy atom. The maximum atomic E-state index is 5.34. The highest BCUT2D eigenvalue weighted by Crippen LogP contribution is 2.34. The average molecular weight is 443 g/mol. The highest BCUT2D eigenvalue weighted by Gasteiger charge is 1.97. The van der Waals surface area contributed by atoms with Crippen LogP contribution in [0.25, 0.3) is 0 Å². The van der Waals surface area contributed by atoms with Crippen LogP contribution in [-0.4, -0.2) is 27.2 Å². The standard InChI is InChI=1S/C10H8N2S2.C7H10N2S2.ClH/c1-3-7-11-9(5-1)13-14-10-6-2-4-8-12-10;8-4-6-10-11-7-3-1-2-5-9-7;/h1-8H;1-3,5H,4,6,8H2;1H. The summed E-state index contributed by atoms with van der Waals surface area (Å²) in [5, 5.41) is 3.05. The largest absolute Gasteiger partial charge is 0.330 e. The maximum absolute atomic E-state index is 5.34. The molecule has 3 rings (SSSR count). The number of pyridine rings is 3. The van der Waals surface area contributed by atoms with Crippen LogP contribution in [-0.2, 0) is 0 Å². The molecule has 9 heteroatoms. The van der Waals surface area contributed by atoms with Gasteiger partial charge in [0, 0.05) is 30.9 Å². The van der Waals surface area contributed by atoms with E-state index in [9.17, 15) is 0 Å². The molecule has 0 radical (unpaired) electrons. The van der Waals surface area contributed by atoms with Crippen LogP contribution in [0.1, 0.15) is 0 Å². The summed E-state index contributed by atoms with van der Waals surface area (Å²) in [7, 11) is 6.64. The lowest BCUT2D eigenvalue weighted by atomic mass is 10.5. The van der Waals surface area contributed by atoms with Gasteiger partial charge in [-0.3, -0.25) is 0 Å². The normalized spacial score (nSPS) is 9.58. The zero-order valence-electron chi connectivity index (χ0n) is 13.8. The number of nitrogens with two attached hydrogens (primary N) is 1. The van der Waals surface area contributed by atoms with Crippen molar-refractivity contribution in [1.82, 2.24) is 15.0 Å². The van der Waals surface area contributed by atoms with Crippen molar-refractivity contribution in [2.24, 2.45) is 5.73 Å². The summed E-state index contributed by atoms with van der Waals surface area (Å²) < 4.78 is 0. The van der Waals surface area contributed by atoms with Crippen molar-refractivity contribution in [2.45, 2.75) is 15.1 Å². The van der Waals surface area contributed by atoms with E-state index < -0.39 is 0 Å². The van der Waals surface area contributed by atoms with Gasteiger partial charge in [0.2, 0.25) is 0 Å². The lowest BCUT2D eigenvalue weighted by Crippen LogP contribution is -1.99. The minimum Gasteiger partial charge on any atom is -0.330 e. The van der Waals surface area contributed by atoms with E-state index in [0.717, 1.165) is 27.4 Å². The minimum atomic E-state index is 0. The molecule has 138 valence electrons. The maximum Gasteiger partial charge on any atom is 0.107 e. The molecule has 0 aliphatic heterocycles. The van der Waals surface area contributed by atoms with E-state index in [1.54, 1.807) is 61.8 Å². The Hall–Kier alpha value is -0.900. The fourth-order valence-corrected chi connectivity index (χ4v) is 4.91. The van der Waals surface area contributed by atoms with E-state index in [2.05, 4.69) is 15.0 Å². The van der Waals surface area contributed by atoms with Gasteiger partial charge in [0.1, 0.15) is 15.1 Å². The molecular weight excluding hydrogens is 424 g/mol. The summed E-state index contributed by atoms with van der Waals surface area (Å²) >= 11 is 0. The van der Waals surface area contributed by atoms with Gasteiger partial charge in [-0.05, 0) is 68.8 Å². The molecule has 0 saturated carbocycles. The molecule has 0 fully saturated rings. The number of nitrogens with zero attached hydrogens (tertiary/aromatic N) is 3. The van der Waals surface area contributed by atoms with E-state index in [1.807, 2.05) is 54.6 Å². The van der Waals surface area contributed by atoms with Gasteiger partial charge >= 0.3 is 0 Å². The monoisotopic (exact) mass is 442 g/mol. The molecule has 0 aliphatic carbocycles. The highest BCUT2D eigenvalue weighted by atomic mass is 35.5. The topological polar surface area (TPSA) is 64.7 Å². The van der Waals surface area contributed by atoms with E-state index in [0.29, 0.717) is 0 Å². The lowest BCUT2D eigenvalue weighted by molar-refractivity contribution is 1.13. The van der Waals surface area contributed by atoms with Crippen molar-refractivity contribution in [3.05, 3.63) is 73.2 Å². The smallest absolute Gasteiger partial charge is 0.107 e. The van der Waals surface area contributed by atoms with Crippen LogP contribution < -0.4 is 5.73 Å². The lowest BCUT2D eigenvalue weighted by Gasteiger charge is -1.97. The predicted molar refractivity (Wildman–Crippen MR) is 119 cm³/mol. The number of aromatic nitrogens is 3. The molecule has 26 heavy (non-hydrogen) atoms. The molecule has 4 nitrogen and oxygen atoms in total. The zero-order chi connectivity index (χ0) is 17.6. The van der Waals surface area contributed by atoms with Gasteiger partial charge < -0.3 is 5.73 Å². The van der Waals surface area contributed by atoms with Crippen LogP contribution in [0.3, 0.4) is 0 Å². The van der Waals surface area contributed by atoms with E-state index in [4.69, 9.17) is 5.73 Å². The molecule has 0 bridgehead atoms. The Morgan fingerprint density at radius 2 is 1.08 bits per heavy atom. The Labute approximate surface area is 176 Å². The van der Waals surface area contributed by atoms with Gasteiger partial charge in [-0.2, -0.15) is 0 Å². The molecule has 0 atom stereocenters. The fourth-order valence-electron chi connectivity index (χ4n) is 1.42. The summed E-state index contributed by atoms with van der Waals surface area (Å²) in [6.45, 7) is 0.727. The first-order valence-electron chi connectivity index (χ1n) is 7.45. The quantitative estimate of drug-likeness (QED) is 0.381. The molecule has 0 aliphatic rings. The van der Waals surface area contributed by atoms with Crippen molar-refractivity contribution in [3.63, 3.8) is 0 Å². The second kappa shape index (κ2) is 15.2. The number of hydrogen-bond donors (Lipinski definition) is 1. The van der Waals surface area contributed by atoms with Crippen molar-refractivity contribution in [1.29, 1.82) is 0 Å². The van der Waals surface area contributed by atoms with E-state index in [-0.39, 0.29) is 12.4 Å². The fraction of sp³-hybridized carbons (Fsp3) is 0.118. The van der Waals surface area contributed by atoms with Crippen molar-refractivity contribution in [3.8, 4) is 0 Å². The molecule has 3 aromatic rings. The molecule has 3 aromatic heterocycles. The molecule has 2 N–H and O–H groups in total. The summed E-state index contributed by atoms with van der Waals surface area (Å²) in [6.07, 6.45) is 5.38. The van der Waals surface area contributed by atoms with Crippen LogP contribution >= 0.6 is 55.6 Å². The van der Waals surface area contributed by atoms with Crippen LogP contribution in [0.2, 0.25) is 0 Å². The van der Waals surface area contributed by atoms with Crippen molar-refractivity contribution < 1.29 is 0 Å². The molecule has 0 unspecified atom stereocenters. The van der Waals surface area contributed by atoms with Crippen LogP contribution in [0.4, 0.5) is 0 Å². The number of halogens is 1. The Balaban J connectivity index is 0.000000258. The molecule has 0 spiro atoms. The average Bonchev–Trinajstić information content (AvgIpc) is 2.70. The van der Waals surface area contributed by atoms with Crippen molar-refractivity contribution >= 4 is 55.6 Å². The van der Waals surface area contributed by atoms with Crippen molar-refractivity contribution in [2.75, 3.05) is 12.3 Å². The summed E-state index contributed by atoms with van der Waals surface area (Å²) in [4.78, 5) is 12.6. The molecular formula is C17H19ClN4S4. The predicted octanol–water partition coefficient (Wildman–Crippen LogP) is 5.48. The first-order chi connectivity index (χ1) is 12.4. The van der Waals surface area contributed by atoms with Gasteiger partial charge in [0.05, 0.1) is 0 Å². The van der Waals surface area contributed by atoms with E-state index >= 15 is 0 Å². The number of rotatable bonds is 7. The summed E-state index contributed by atoms with van der Waals surface area (Å²) in [5.41, 5.74) is 5.34. The van der Waals surface area contributed by atoms with E-state index in [1.165, 1.54) is 0 Å². The Morgan fingerprint density at radius 3 is 1.42 bits per heavy atom. The Bertz CT molecular complexity index is 653. The van der Waals surface area contributed by atoms with Gasteiger partial charge in [-0.25, -0.2) is 15.0 Å². The molecule has 0 saturated heterocycles. The first kappa shape index (κ1) is 23.1. The molecule has 0 aromatic carbocycles. The Kier molecular flexibility index (Phi) is 13.5. The zero-order valence-corrected chi connectivity index (χ0v) is 17.9. The minimum absolute atomic E-state index is 0. The third kappa shape index (κ3) is 10.3. The van der Waals surface area contributed by atoms with Gasteiger partial charge in [0.25, 0.3) is 0 Å². The van der Waals surface area contributed by atoms with Crippen LogP contribution in [0.15, 0.2) is 88.3 Å². The molecule has 0 amide bonds. The summed E-state index contributed by atoms with van der Waals surface area (Å²) in [6, 6.07) is 17.7. The van der Waals surface area contributed by atoms with Gasteiger partial charge in [0.15, 0.2) is 0 Å². The van der Waals surface area contributed by atoms with Gasteiger partial charge in [-0.15, -0.1) is 12.4 Å². The summed E-state index contributed by atoms with van der Waals surface area (Å²) in [5.74, 6) is 0.973. The second-order valence-electron chi connectivity index (χ2n) is 4.36. The first-order valence-corrected chi connectivity index (χ1v) is 11.9. The van der Waals surface area contributed by atoms with Gasteiger partial charge in [-0.1, -0.05) is 29.0 Å². The third-order valence-corrected chi connectivity index (χ3v) is 6.95. The highest BCUT2D eigenvalue weighted by molar-refractivity contribution is 8.77. The van der Waals surface area contributed by atoms with Crippen LogP contribution in [0.5, 0.6) is 0 Å². The second-order valence-corrected chi connectivity index (χ2v) is 8.97. The van der Waals surface area contributed by atoms with Crippen LogP contribution in [0, 0.1) is 0 Å².